The van der Waals surface area contributed by atoms with E-state index in [1.54, 1.807) is 0 Å². The van der Waals surface area contributed by atoms with E-state index in [2.05, 4.69) is 25.9 Å². The molecule has 0 unspecified atom stereocenters. The maximum Gasteiger partial charge on any atom is -0.00248 e. The number of nitrogens with zero attached hydrogens (tertiary/aromatic N) is 1. The first-order valence-electron chi connectivity index (χ1n) is 9.21. The van der Waals surface area contributed by atoms with E-state index in [0.717, 1.165) is 6.42 Å². The molecule has 0 amide bonds. The van der Waals surface area contributed by atoms with Crippen molar-refractivity contribution in [1.82, 2.24) is 4.90 Å². The van der Waals surface area contributed by atoms with Crippen LogP contribution in [0.1, 0.15) is 96.3 Å². The molecule has 20 heavy (non-hydrogen) atoms. The lowest BCUT2D eigenvalue weighted by atomic mass is 10.0. The van der Waals surface area contributed by atoms with Crippen LogP contribution in [0.4, 0.5) is 0 Å². The van der Waals surface area contributed by atoms with Crippen LogP contribution in [0, 0.1) is 6.92 Å². The highest BCUT2D eigenvalue weighted by molar-refractivity contribution is 4.51. The summed E-state index contributed by atoms with van der Waals surface area (Å²) in [7, 11) is 4.34. The zero-order valence-electron chi connectivity index (χ0n) is 14.5. The molecular weight excluding hydrogens is 242 g/mol. The molecule has 0 aromatic heterocycles. The summed E-state index contributed by atoms with van der Waals surface area (Å²) in [4.78, 5) is 2.29. The minimum atomic E-state index is 1.12. The summed E-state index contributed by atoms with van der Waals surface area (Å²) in [6, 6.07) is 0. The maximum absolute atomic E-state index is 3.89. The molecular formula is C19H40N. The molecule has 0 aromatic carbocycles. The Morgan fingerprint density at radius 1 is 0.500 bits per heavy atom. The second kappa shape index (κ2) is 17.0. The van der Waals surface area contributed by atoms with Gasteiger partial charge >= 0.3 is 0 Å². The summed E-state index contributed by atoms with van der Waals surface area (Å²) in [6.07, 6.45) is 21.2. The monoisotopic (exact) mass is 282 g/mol. The fraction of sp³-hybridized carbons (Fsp3) is 0.947. The summed E-state index contributed by atoms with van der Waals surface area (Å²) < 4.78 is 0. The fourth-order valence-corrected chi connectivity index (χ4v) is 2.73. The van der Waals surface area contributed by atoms with Crippen LogP contribution >= 0.6 is 0 Å². The third-order valence-corrected chi connectivity index (χ3v) is 4.11. The van der Waals surface area contributed by atoms with Gasteiger partial charge in [0.05, 0.1) is 0 Å². The lowest BCUT2D eigenvalue weighted by Gasteiger charge is -2.08. The molecule has 0 rings (SSSR count). The van der Waals surface area contributed by atoms with Gasteiger partial charge in [0.25, 0.3) is 0 Å². The molecule has 0 aliphatic rings. The Morgan fingerprint density at radius 3 is 1.10 bits per heavy atom. The molecule has 0 saturated carbocycles. The van der Waals surface area contributed by atoms with E-state index in [4.69, 9.17) is 0 Å². The van der Waals surface area contributed by atoms with Crippen molar-refractivity contribution in [2.75, 3.05) is 20.6 Å². The molecule has 0 N–H and O–H groups in total. The van der Waals surface area contributed by atoms with Gasteiger partial charge in [0, 0.05) is 0 Å². The van der Waals surface area contributed by atoms with E-state index >= 15 is 0 Å². The van der Waals surface area contributed by atoms with Crippen molar-refractivity contribution < 1.29 is 0 Å². The van der Waals surface area contributed by atoms with Crippen LogP contribution in [0.25, 0.3) is 0 Å². The molecule has 0 bridgehead atoms. The summed E-state index contributed by atoms with van der Waals surface area (Å²) in [5.74, 6) is 0. The maximum atomic E-state index is 3.89. The molecule has 1 heteroatoms. The van der Waals surface area contributed by atoms with Crippen molar-refractivity contribution in [3.05, 3.63) is 6.92 Å². The Kier molecular flexibility index (Phi) is 17.0. The van der Waals surface area contributed by atoms with Gasteiger partial charge in [-0.3, -0.25) is 0 Å². The summed E-state index contributed by atoms with van der Waals surface area (Å²) in [5, 5.41) is 0. The Labute approximate surface area is 129 Å². The van der Waals surface area contributed by atoms with Crippen molar-refractivity contribution in [3.8, 4) is 0 Å². The van der Waals surface area contributed by atoms with E-state index in [-0.39, 0.29) is 0 Å². The predicted molar refractivity (Wildman–Crippen MR) is 93.2 cm³/mol. The SMILES string of the molecule is [CH2]CCCCCCCCCCCCCCCCN(C)C. The van der Waals surface area contributed by atoms with Gasteiger partial charge in [-0.2, -0.15) is 0 Å². The van der Waals surface area contributed by atoms with E-state index in [1.807, 2.05) is 0 Å². The molecule has 0 aliphatic heterocycles. The Morgan fingerprint density at radius 2 is 0.800 bits per heavy atom. The molecule has 0 aromatic rings. The van der Waals surface area contributed by atoms with Gasteiger partial charge in [-0.25, -0.2) is 0 Å². The van der Waals surface area contributed by atoms with Crippen LogP contribution in [-0.4, -0.2) is 25.5 Å². The third-order valence-electron chi connectivity index (χ3n) is 4.11. The van der Waals surface area contributed by atoms with Crippen molar-refractivity contribution >= 4 is 0 Å². The number of unbranched alkanes of at least 4 members (excludes halogenated alkanes) is 14. The second-order valence-electron chi connectivity index (χ2n) is 6.61. The predicted octanol–water partition coefficient (Wildman–Crippen LogP) is 6.23. The van der Waals surface area contributed by atoms with Gasteiger partial charge in [0.1, 0.15) is 0 Å². The van der Waals surface area contributed by atoms with Gasteiger partial charge in [0.2, 0.25) is 0 Å². The highest BCUT2D eigenvalue weighted by Crippen LogP contribution is 2.13. The molecule has 121 valence electrons. The van der Waals surface area contributed by atoms with Gasteiger partial charge in [-0.1, -0.05) is 96.8 Å². The van der Waals surface area contributed by atoms with Crippen LogP contribution in [0.3, 0.4) is 0 Å². The smallest absolute Gasteiger partial charge is 0.00248 e. The standard InChI is InChI=1S/C19H40N/c1-4-5-6-7-8-9-10-11-12-13-14-15-16-17-18-19-20(2)3/h1,4-19H2,2-3H3. The van der Waals surface area contributed by atoms with Crippen LogP contribution in [0.2, 0.25) is 0 Å². The Balaban J connectivity index is 2.92. The van der Waals surface area contributed by atoms with Crippen molar-refractivity contribution in [1.29, 1.82) is 0 Å². The van der Waals surface area contributed by atoms with Crippen LogP contribution < -0.4 is 0 Å². The van der Waals surface area contributed by atoms with Crippen molar-refractivity contribution in [2.45, 2.75) is 96.3 Å². The molecule has 0 heterocycles. The number of hydrogen-bond donors (Lipinski definition) is 0. The van der Waals surface area contributed by atoms with Crippen molar-refractivity contribution in [3.63, 3.8) is 0 Å². The van der Waals surface area contributed by atoms with Crippen LogP contribution in [0.15, 0.2) is 0 Å². The van der Waals surface area contributed by atoms with Crippen LogP contribution in [-0.2, 0) is 0 Å². The van der Waals surface area contributed by atoms with Crippen LogP contribution in [0.5, 0.6) is 0 Å². The molecule has 1 radical (unpaired) electrons. The molecule has 0 saturated heterocycles. The minimum Gasteiger partial charge on any atom is -0.309 e. The highest BCUT2D eigenvalue weighted by Gasteiger charge is 1.94. The summed E-state index contributed by atoms with van der Waals surface area (Å²) >= 11 is 0. The van der Waals surface area contributed by atoms with E-state index in [0.29, 0.717) is 0 Å². The van der Waals surface area contributed by atoms with E-state index in [1.165, 1.54) is 96.4 Å². The molecule has 0 atom stereocenters. The zero-order chi connectivity index (χ0) is 14.9. The van der Waals surface area contributed by atoms with Gasteiger partial charge in [-0.15, -0.1) is 0 Å². The largest absolute Gasteiger partial charge is 0.309 e. The van der Waals surface area contributed by atoms with E-state index < -0.39 is 0 Å². The lowest BCUT2D eigenvalue weighted by Crippen LogP contribution is -2.12. The molecule has 0 spiro atoms. The quantitative estimate of drug-likeness (QED) is 0.303. The van der Waals surface area contributed by atoms with Gasteiger partial charge in [0.15, 0.2) is 0 Å². The first kappa shape index (κ1) is 20.0. The third kappa shape index (κ3) is 18.0. The molecule has 0 aliphatic carbocycles. The number of rotatable bonds is 16. The average Bonchev–Trinajstić information content (AvgIpc) is 2.43. The first-order valence-corrected chi connectivity index (χ1v) is 9.21. The molecule has 0 fully saturated rings. The fourth-order valence-electron chi connectivity index (χ4n) is 2.73. The second-order valence-corrected chi connectivity index (χ2v) is 6.61. The number of hydrogen-bond acceptors (Lipinski definition) is 1. The Hall–Kier alpha value is -0.0400. The highest BCUT2D eigenvalue weighted by atomic mass is 15.0. The lowest BCUT2D eigenvalue weighted by molar-refractivity contribution is 0.389. The average molecular weight is 283 g/mol. The normalized spacial score (nSPS) is 11.4. The zero-order valence-corrected chi connectivity index (χ0v) is 14.5. The topological polar surface area (TPSA) is 3.24 Å². The Bertz CT molecular complexity index is 165. The van der Waals surface area contributed by atoms with E-state index in [9.17, 15) is 0 Å². The minimum absolute atomic E-state index is 1.12. The van der Waals surface area contributed by atoms with Gasteiger partial charge < -0.3 is 4.90 Å². The molecule has 1 nitrogen and oxygen atoms in total. The van der Waals surface area contributed by atoms with Crippen molar-refractivity contribution in [2.24, 2.45) is 0 Å². The summed E-state index contributed by atoms with van der Waals surface area (Å²) in [6.45, 7) is 5.15. The summed E-state index contributed by atoms with van der Waals surface area (Å²) in [5.41, 5.74) is 0. The first-order chi connectivity index (χ1) is 9.77. The van der Waals surface area contributed by atoms with Gasteiger partial charge in [-0.05, 0) is 27.1 Å².